The highest BCUT2D eigenvalue weighted by Gasteiger charge is 2.74. The van der Waals surface area contributed by atoms with Gasteiger partial charge < -0.3 is 4.74 Å². The van der Waals surface area contributed by atoms with Crippen molar-refractivity contribution in [2.75, 3.05) is 9.91 Å². The monoisotopic (exact) mass is 389 g/mol. The topological polar surface area (TPSA) is 36.0 Å². The van der Waals surface area contributed by atoms with Crippen LogP contribution in [0.2, 0.25) is 0 Å². The number of urea groups is 1. The zero-order valence-corrected chi connectivity index (χ0v) is 17.2. The molecular formula is C24H27N3O2. The molecule has 5 heteroatoms. The van der Waals surface area contributed by atoms with E-state index in [0.29, 0.717) is 5.92 Å². The number of carbonyl (C=O) groups excluding carboxylic acids is 1. The lowest BCUT2D eigenvalue weighted by molar-refractivity contribution is -0.0616. The summed E-state index contributed by atoms with van der Waals surface area (Å²) in [6.07, 6.45) is 2.12. The lowest BCUT2D eigenvalue weighted by atomic mass is 9.70. The highest BCUT2D eigenvalue weighted by molar-refractivity contribution is 6.05. The van der Waals surface area contributed by atoms with Crippen molar-refractivity contribution in [1.82, 2.24) is 5.01 Å². The highest BCUT2D eigenvalue weighted by Crippen LogP contribution is 2.69. The Bertz CT molecular complexity index is 963. The molecule has 0 aromatic heterocycles. The van der Waals surface area contributed by atoms with Crippen molar-refractivity contribution in [2.45, 2.75) is 52.1 Å². The van der Waals surface area contributed by atoms with Crippen LogP contribution in [-0.2, 0) is 4.74 Å². The fourth-order valence-corrected chi connectivity index (χ4v) is 6.50. The Kier molecular flexibility index (Phi) is 3.38. The normalized spacial score (nSPS) is 37.3. The molecule has 6 rings (SSSR count). The van der Waals surface area contributed by atoms with Gasteiger partial charge in [0.2, 0.25) is 6.35 Å². The minimum absolute atomic E-state index is 0.0448. The molecular weight excluding hydrogens is 362 g/mol. The Labute approximate surface area is 171 Å². The molecule has 2 saturated heterocycles. The van der Waals surface area contributed by atoms with Crippen LogP contribution in [0.5, 0.6) is 0 Å². The molecule has 150 valence electrons. The number of benzene rings is 2. The molecule has 4 fully saturated rings. The number of nitrogens with zero attached hydrogens (tertiary/aromatic N) is 3. The van der Waals surface area contributed by atoms with Crippen molar-refractivity contribution in [3.8, 4) is 0 Å². The van der Waals surface area contributed by atoms with Gasteiger partial charge in [0.15, 0.2) is 0 Å². The van der Waals surface area contributed by atoms with Crippen LogP contribution < -0.4 is 9.91 Å². The fraction of sp³-hybridized carbons (Fsp3) is 0.458. The van der Waals surface area contributed by atoms with E-state index in [1.807, 2.05) is 70.6 Å². The number of para-hydroxylation sites is 2. The van der Waals surface area contributed by atoms with Gasteiger partial charge in [0, 0.05) is 11.1 Å². The molecule has 2 aliphatic carbocycles. The lowest BCUT2D eigenvalue weighted by Crippen LogP contribution is -2.50. The summed E-state index contributed by atoms with van der Waals surface area (Å²) in [6.45, 7) is 7.17. The van der Waals surface area contributed by atoms with Crippen LogP contribution in [0.1, 0.15) is 33.6 Å². The molecule has 2 aromatic rings. The molecule has 2 bridgehead atoms. The number of hydrogen-bond donors (Lipinski definition) is 0. The van der Waals surface area contributed by atoms with Gasteiger partial charge in [0.05, 0.1) is 17.8 Å². The van der Waals surface area contributed by atoms with Crippen LogP contribution in [0.15, 0.2) is 60.7 Å². The van der Waals surface area contributed by atoms with Crippen molar-refractivity contribution in [3.05, 3.63) is 60.7 Å². The number of fused-ring (bicyclic) bond motifs is 7. The summed E-state index contributed by atoms with van der Waals surface area (Å²) in [7, 11) is 0. The quantitative estimate of drug-likeness (QED) is 0.736. The SMILES string of the molecule is CC1(C)[C@@H]2CC[C@@]1(C)C1O[C@H]3N(c4ccccc4)C(=O)N(c4ccccc4)N3C12. The van der Waals surface area contributed by atoms with Gasteiger partial charge in [-0.05, 0) is 48.4 Å². The molecule has 2 amide bonds. The van der Waals surface area contributed by atoms with E-state index in [1.165, 1.54) is 12.8 Å². The molecule has 2 aromatic carbocycles. The van der Waals surface area contributed by atoms with Crippen LogP contribution >= 0.6 is 0 Å². The van der Waals surface area contributed by atoms with Gasteiger partial charge in [-0.15, -0.1) is 0 Å². The molecule has 2 aliphatic heterocycles. The number of amides is 2. The molecule has 2 unspecified atom stereocenters. The average molecular weight is 389 g/mol. The Morgan fingerprint density at radius 3 is 2.21 bits per heavy atom. The number of rotatable bonds is 2. The van der Waals surface area contributed by atoms with Gasteiger partial charge in [0.1, 0.15) is 0 Å². The van der Waals surface area contributed by atoms with E-state index in [9.17, 15) is 4.79 Å². The predicted octanol–water partition coefficient (Wildman–Crippen LogP) is 4.86. The van der Waals surface area contributed by atoms with Crippen molar-refractivity contribution >= 4 is 17.4 Å². The Morgan fingerprint density at radius 2 is 1.55 bits per heavy atom. The van der Waals surface area contributed by atoms with Gasteiger partial charge in [-0.3, -0.25) is 4.90 Å². The maximum Gasteiger partial charge on any atom is 0.347 e. The van der Waals surface area contributed by atoms with E-state index in [1.54, 1.807) is 0 Å². The second-order valence-corrected chi connectivity index (χ2v) is 9.67. The van der Waals surface area contributed by atoms with E-state index < -0.39 is 6.35 Å². The molecule has 0 spiro atoms. The molecule has 2 saturated carbocycles. The van der Waals surface area contributed by atoms with Crippen molar-refractivity contribution in [2.24, 2.45) is 16.7 Å². The Morgan fingerprint density at radius 1 is 0.931 bits per heavy atom. The van der Waals surface area contributed by atoms with Crippen LogP contribution in [-0.4, -0.2) is 29.5 Å². The molecule has 4 aliphatic rings. The molecule has 0 radical (unpaired) electrons. The number of hydrazine groups is 1. The second-order valence-electron chi connectivity index (χ2n) is 9.67. The number of carbonyl (C=O) groups is 1. The van der Waals surface area contributed by atoms with Crippen LogP contribution in [0.3, 0.4) is 0 Å². The molecule has 5 atom stereocenters. The lowest BCUT2D eigenvalue weighted by Gasteiger charge is -2.38. The predicted molar refractivity (Wildman–Crippen MR) is 112 cm³/mol. The Balaban J connectivity index is 1.50. The van der Waals surface area contributed by atoms with Crippen molar-refractivity contribution in [1.29, 1.82) is 0 Å². The first kappa shape index (κ1) is 17.5. The third-order valence-corrected chi connectivity index (χ3v) is 8.40. The zero-order valence-electron chi connectivity index (χ0n) is 17.2. The first-order valence-corrected chi connectivity index (χ1v) is 10.6. The van der Waals surface area contributed by atoms with Crippen LogP contribution in [0.25, 0.3) is 0 Å². The molecule has 2 heterocycles. The third-order valence-electron chi connectivity index (χ3n) is 8.40. The van der Waals surface area contributed by atoms with Gasteiger partial charge in [0.25, 0.3) is 0 Å². The summed E-state index contributed by atoms with van der Waals surface area (Å²) in [5.74, 6) is 0.511. The van der Waals surface area contributed by atoms with Crippen LogP contribution in [0, 0.1) is 16.7 Å². The van der Waals surface area contributed by atoms with E-state index in [2.05, 4.69) is 25.8 Å². The molecule has 5 nitrogen and oxygen atoms in total. The summed E-state index contributed by atoms with van der Waals surface area (Å²) in [5, 5.41) is 4.11. The third kappa shape index (κ3) is 2.00. The standard InChI is InChI=1S/C24H27N3O2/c1-23(2)18-14-15-24(23,3)20-19(18)27-22(29-20)25(16-10-6-4-7-11-16)21(28)26(27)17-12-8-5-9-13-17/h4-13,18-20,22H,14-15H2,1-3H3/t18-,19?,20?,22+,24+/m1/s1. The van der Waals surface area contributed by atoms with Crippen molar-refractivity contribution < 1.29 is 9.53 Å². The van der Waals surface area contributed by atoms with E-state index in [-0.39, 0.29) is 29.0 Å². The first-order valence-electron chi connectivity index (χ1n) is 10.6. The number of hydrogen-bond acceptors (Lipinski definition) is 3. The summed E-state index contributed by atoms with van der Waals surface area (Å²) in [5.41, 5.74) is 2.10. The number of ether oxygens (including phenoxy) is 1. The molecule has 0 N–H and O–H groups in total. The summed E-state index contributed by atoms with van der Waals surface area (Å²) in [6, 6.07) is 20.1. The van der Waals surface area contributed by atoms with Gasteiger partial charge in [-0.2, -0.15) is 5.01 Å². The smallest absolute Gasteiger partial charge is 0.337 e. The highest BCUT2D eigenvalue weighted by atomic mass is 16.6. The average Bonchev–Trinajstić information content (AvgIpc) is 3.35. The van der Waals surface area contributed by atoms with Gasteiger partial charge in [-0.1, -0.05) is 57.2 Å². The van der Waals surface area contributed by atoms with Crippen LogP contribution in [0.4, 0.5) is 16.2 Å². The zero-order chi connectivity index (χ0) is 20.0. The molecule has 29 heavy (non-hydrogen) atoms. The van der Waals surface area contributed by atoms with Crippen molar-refractivity contribution in [3.63, 3.8) is 0 Å². The number of anilines is 2. The minimum atomic E-state index is -0.392. The first-order chi connectivity index (χ1) is 13.9. The maximum absolute atomic E-state index is 13.7. The minimum Gasteiger partial charge on any atom is -0.337 e. The van der Waals surface area contributed by atoms with Gasteiger partial charge >= 0.3 is 6.03 Å². The van der Waals surface area contributed by atoms with E-state index in [0.717, 1.165) is 11.4 Å². The summed E-state index contributed by atoms with van der Waals surface area (Å²) < 4.78 is 6.76. The largest absolute Gasteiger partial charge is 0.347 e. The second kappa shape index (κ2) is 5.61. The Hall–Kier alpha value is -2.37. The van der Waals surface area contributed by atoms with Gasteiger partial charge in [-0.25, -0.2) is 9.80 Å². The van der Waals surface area contributed by atoms with E-state index in [4.69, 9.17) is 4.74 Å². The van der Waals surface area contributed by atoms with E-state index >= 15 is 0 Å². The summed E-state index contributed by atoms with van der Waals surface area (Å²) in [4.78, 5) is 15.5. The summed E-state index contributed by atoms with van der Waals surface area (Å²) >= 11 is 0. The fourth-order valence-electron chi connectivity index (χ4n) is 6.50. The maximum atomic E-state index is 13.7.